The molecule has 0 aromatic heterocycles. The molecule has 1 aliphatic rings. The van der Waals surface area contributed by atoms with Gasteiger partial charge in [-0.25, -0.2) is 8.42 Å². The van der Waals surface area contributed by atoms with E-state index >= 15 is 0 Å². The summed E-state index contributed by atoms with van der Waals surface area (Å²) in [5, 5.41) is 0. The average Bonchev–Trinajstić information content (AvgIpc) is 2.44. The molecule has 0 spiro atoms. The maximum absolute atomic E-state index is 11.9. The number of alkyl halides is 3. The predicted molar refractivity (Wildman–Crippen MR) is 80.6 cm³/mol. The van der Waals surface area contributed by atoms with Crippen LogP contribution < -0.4 is 0 Å². The van der Waals surface area contributed by atoms with Crippen LogP contribution in [-0.4, -0.2) is 41.5 Å². The number of carbonyl (C=O) groups excluding carboxylic acids is 1. The monoisotopic (exact) mass is 364 g/mol. The molecule has 1 rings (SSSR count). The molecule has 0 heterocycles. The van der Waals surface area contributed by atoms with Crippen molar-refractivity contribution in [1.29, 1.82) is 0 Å². The van der Waals surface area contributed by atoms with E-state index in [1.165, 1.54) is 43.6 Å². The number of Topliss-reactive ketones (excluding diaryl/α,β-unsaturated/α-hetero) is 1. The Morgan fingerprint density at radius 1 is 1.14 bits per heavy atom. The lowest BCUT2D eigenvalue weighted by atomic mass is 9.87. The van der Waals surface area contributed by atoms with Crippen LogP contribution in [0.1, 0.15) is 46.0 Å². The number of hydrogen-bond donors (Lipinski definition) is 0. The molecule has 132 valence electrons. The third-order valence-corrected chi connectivity index (χ3v) is 6.40. The first-order valence-corrected chi connectivity index (χ1v) is 10.4. The summed E-state index contributed by atoms with van der Waals surface area (Å²) in [6, 6.07) is 0. The molecular formula is C13H23F3O4S2. The molecule has 0 aromatic rings. The van der Waals surface area contributed by atoms with Crippen molar-refractivity contribution in [3.63, 3.8) is 0 Å². The molecule has 0 atom stereocenters. The fraction of sp³-hybridized carbons (Fsp3) is 0.923. The van der Waals surface area contributed by atoms with Crippen LogP contribution in [0.4, 0.5) is 13.2 Å². The largest absolute Gasteiger partial charge is 0.741 e. The summed E-state index contributed by atoms with van der Waals surface area (Å²) in [7, 11) is -5.71. The summed E-state index contributed by atoms with van der Waals surface area (Å²) in [6.07, 6.45) is 6.24. The van der Waals surface area contributed by atoms with E-state index in [9.17, 15) is 18.0 Å². The van der Waals surface area contributed by atoms with E-state index in [1.54, 1.807) is 0 Å². The van der Waals surface area contributed by atoms with Crippen LogP contribution in [0.2, 0.25) is 0 Å². The fourth-order valence-corrected chi connectivity index (χ4v) is 3.61. The Hall–Kier alpha value is -0.280. The standard InChI is InChI=1S/C12H23OS.CHF3O3S/c1-3-14(4-2)10-12(13)11-8-6-5-7-9-11;2-1(3,4)8(5,6)7/h11H,3-10H2,1-2H3;(H,5,6,7)/q+1;/p-1. The van der Waals surface area contributed by atoms with Crippen LogP contribution in [0, 0.1) is 5.92 Å². The maximum atomic E-state index is 11.9. The van der Waals surface area contributed by atoms with E-state index < -0.39 is 15.6 Å². The fourth-order valence-electron chi connectivity index (χ4n) is 2.15. The normalized spacial score (nSPS) is 17.0. The van der Waals surface area contributed by atoms with E-state index in [0.29, 0.717) is 22.6 Å². The molecule has 0 aromatic carbocycles. The van der Waals surface area contributed by atoms with Gasteiger partial charge in [-0.05, 0) is 37.6 Å². The van der Waals surface area contributed by atoms with Gasteiger partial charge in [-0.3, -0.25) is 4.79 Å². The van der Waals surface area contributed by atoms with Crippen molar-refractivity contribution in [1.82, 2.24) is 0 Å². The van der Waals surface area contributed by atoms with Gasteiger partial charge in [-0.2, -0.15) is 13.2 Å². The minimum absolute atomic E-state index is 0.380. The Balaban J connectivity index is 0.000000472. The molecule has 0 aliphatic heterocycles. The Morgan fingerprint density at radius 2 is 1.55 bits per heavy atom. The highest BCUT2D eigenvalue weighted by molar-refractivity contribution is 7.97. The lowest BCUT2D eigenvalue weighted by Crippen LogP contribution is -2.27. The van der Waals surface area contributed by atoms with Crippen LogP contribution in [0.5, 0.6) is 0 Å². The molecule has 1 fully saturated rings. The Labute approximate surface area is 132 Å². The molecule has 1 saturated carbocycles. The Kier molecular flexibility index (Phi) is 9.64. The molecule has 22 heavy (non-hydrogen) atoms. The smallest absolute Gasteiger partial charge is 0.485 e. The molecule has 0 unspecified atom stereocenters. The van der Waals surface area contributed by atoms with Gasteiger partial charge >= 0.3 is 5.51 Å². The summed E-state index contributed by atoms with van der Waals surface area (Å²) in [4.78, 5) is 11.9. The highest BCUT2D eigenvalue weighted by Crippen LogP contribution is 2.25. The van der Waals surface area contributed by atoms with Crippen molar-refractivity contribution in [2.75, 3.05) is 17.3 Å². The van der Waals surface area contributed by atoms with E-state index in [4.69, 9.17) is 13.0 Å². The van der Waals surface area contributed by atoms with Crippen molar-refractivity contribution >= 4 is 26.8 Å². The number of halogens is 3. The Morgan fingerprint density at radius 3 is 1.86 bits per heavy atom. The van der Waals surface area contributed by atoms with Crippen molar-refractivity contribution in [2.24, 2.45) is 5.92 Å². The average molecular weight is 364 g/mol. The van der Waals surface area contributed by atoms with E-state index in [0.717, 1.165) is 5.75 Å². The van der Waals surface area contributed by atoms with Gasteiger partial charge in [0.25, 0.3) is 0 Å². The number of carbonyl (C=O) groups is 1. The second-order valence-corrected chi connectivity index (χ2v) is 9.07. The Bertz CT molecular complexity index is 425. The van der Waals surface area contributed by atoms with Gasteiger partial charge in [0.2, 0.25) is 0 Å². The third-order valence-electron chi connectivity index (χ3n) is 3.51. The lowest BCUT2D eigenvalue weighted by Gasteiger charge is -2.19. The van der Waals surface area contributed by atoms with Crippen LogP contribution in [0.25, 0.3) is 0 Å². The maximum Gasteiger partial charge on any atom is 0.485 e. The van der Waals surface area contributed by atoms with Crippen LogP contribution in [0.15, 0.2) is 0 Å². The number of hydrogen-bond acceptors (Lipinski definition) is 4. The summed E-state index contributed by atoms with van der Waals surface area (Å²) < 4.78 is 58.9. The molecular weight excluding hydrogens is 341 g/mol. The molecule has 0 amide bonds. The zero-order chi connectivity index (χ0) is 17.4. The predicted octanol–water partition coefficient (Wildman–Crippen LogP) is 2.85. The summed E-state index contributed by atoms with van der Waals surface area (Å²) in [5.74, 6) is 4.25. The second-order valence-electron chi connectivity index (χ2n) is 5.04. The third kappa shape index (κ3) is 8.38. The van der Waals surface area contributed by atoms with E-state index in [-0.39, 0.29) is 0 Å². The molecule has 4 nitrogen and oxygen atoms in total. The first-order valence-electron chi connectivity index (χ1n) is 7.21. The van der Waals surface area contributed by atoms with Gasteiger partial charge in [0.1, 0.15) is 11.5 Å². The molecule has 9 heteroatoms. The first-order chi connectivity index (χ1) is 10.0. The molecule has 0 N–H and O–H groups in total. The van der Waals surface area contributed by atoms with Gasteiger partial charge in [0.15, 0.2) is 21.7 Å². The molecule has 0 radical (unpaired) electrons. The van der Waals surface area contributed by atoms with E-state index in [1.807, 2.05) is 0 Å². The van der Waals surface area contributed by atoms with Gasteiger partial charge in [-0.1, -0.05) is 19.3 Å². The quantitative estimate of drug-likeness (QED) is 0.427. The molecule has 0 saturated heterocycles. The molecule has 0 bridgehead atoms. The minimum atomic E-state index is -6.09. The summed E-state index contributed by atoms with van der Waals surface area (Å²) in [5.41, 5.74) is -5.65. The number of ketones is 1. The van der Waals surface area contributed by atoms with Gasteiger partial charge in [0, 0.05) is 5.92 Å². The van der Waals surface area contributed by atoms with Gasteiger partial charge in [0.05, 0.1) is 0 Å². The van der Waals surface area contributed by atoms with Gasteiger partial charge in [-0.15, -0.1) is 0 Å². The van der Waals surface area contributed by atoms with Crippen LogP contribution in [-0.2, 0) is 25.8 Å². The SMILES string of the molecule is CC[S+](CC)CC(=O)C1CCCCC1.O=S(=O)([O-])C(F)(F)F. The van der Waals surface area contributed by atoms with Crippen molar-refractivity contribution < 1.29 is 30.9 Å². The van der Waals surface area contributed by atoms with Crippen molar-refractivity contribution in [3.05, 3.63) is 0 Å². The summed E-state index contributed by atoms with van der Waals surface area (Å²) >= 11 is 0. The van der Waals surface area contributed by atoms with E-state index in [2.05, 4.69) is 13.8 Å². The highest BCUT2D eigenvalue weighted by Gasteiger charge is 2.36. The minimum Gasteiger partial charge on any atom is -0.741 e. The highest BCUT2D eigenvalue weighted by atomic mass is 32.2. The summed E-state index contributed by atoms with van der Waals surface area (Å²) in [6.45, 7) is 4.42. The van der Waals surface area contributed by atoms with Crippen LogP contribution >= 0.6 is 0 Å². The topological polar surface area (TPSA) is 74.3 Å². The van der Waals surface area contributed by atoms with Crippen molar-refractivity contribution in [3.8, 4) is 0 Å². The zero-order valence-electron chi connectivity index (χ0n) is 12.8. The zero-order valence-corrected chi connectivity index (χ0v) is 14.5. The van der Waals surface area contributed by atoms with Crippen LogP contribution in [0.3, 0.4) is 0 Å². The van der Waals surface area contributed by atoms with Gasteiger partial charge < -0.3 is 4.55 Å². The molecule has 1 aliphatic carbocycles. The number of rotatable bonds is 5. The van der Waals surface area contributed by atoms with Crippen molar-refractivity contribution in [2.45, 2.75) is 51.5 Å². The first kappa shape index (κ1) is 21.7. The second kappa shape index (κ2) is 9.77. The lowest BCUT2D eigenvalue weighted by molar-refractivity contribution is -0.121.